The van der Waals surface area contributed by atoms with Gasteiger partial charge in [0.2, 0.25) is 5.91 Å². The first kappa shape index (κ1) is 22.7. The van der Waals surface area contributed by atoms with E-state index in [4.69, 9.17) is 9.47 Å². The number of hydrogen-bond acceptors (Lipinski definition) is 7. The maximum Gasteiger partial charge on any atom is 0.279 e. The number of aromatic nitrogens is 3. The zero-order valence-corrected chi connectivity index (χ0v) is 19.0. The number of piperidine rings is 1. The quantitative estimate of drug-likeness (QED) is 0.558. The lowest BCUT2D eigenvalue weighted by molar-refractivity contribution is -0.122. The Labute approximate surface area is 192 Å². The molecule has 1 amide bonds. The molecule has 1 aliphatic rings. The summed E-state index contributed by atoms with van der Waals surface area (Å²) in [5.41, 5.74) is 1.74. The molecule has 0 bridgehead atoms. The molecule has 0 unspecified atom stereocenters. The van der Waals surface area contributed by atoms with Crippen LogP contribution in [0.1, 0.15) is 30.5 Å². The van der Waals surface area contributed by atoms with E-state index in [1.54, 1.807) is 38.6 Å². The minimum Gasteiger partial charge on any atom is -0.493 e. The van der Waals surface area contributed by atoms with Gasteiger partial charge >= 0.3 is 0 Å². The summed E-state index contributed by atoms with van der Waals surface area (Å²) in [4.78, 5) is 27.3. The Hall–Kier alpha value is -3.46. The lowest BCUT2D eigenvalue weighted by Gasteiger charge is -2.32. The third-order valence-electron chi connectivity index (χ3n) is 5.97. The van der Waals surface area contributed by atoms with E-state index in [1.165, 1.54) is 4.40 Å². The van der Waals surface area contributed by atoms with Crippen molar-refractivity contribution < 1.29 is 14.3 Å². The van der Waals surface area contributed by atoms with Gasteiger partial charge in [0.25, 0.3) is 5.56 Å². The molecule has 9 heteroatoms. The van der Waals surface area contributed by atoms with Crippen molar-refractivity contribution in [2.45, 2.75) is 38.3 Å². The second-order valence-corrected chi connectivity index (χ2v) is 8.19. The van der Waals surface area contributed by atoms with Crippen molar-refractivity contribution in [3.63, 3.8) is 0 Å². The number of likely N-dealkylation sites (tertiary alicyclic amines) is 1. The number of carbonyl (C=O) groups excluding carboxylic acids is 1. The van der Waals surface area contributed by atoms with Crippen LogP contribution in [0.2, 0.25) is 0 Å². The Balaban J connectivity index is 1.24. The second kappa shape index (κ2) is 10.4. The molecule has 1 N–H and O–H groups in total. The molecule has 1 aromatic carbocycles. The SMILES string of the molecule is COc1ccc(CN2CCC(NC(=O)CCc3nnc4ccccn4c3=O)CC2)cc1OC. The van der Waals surface area contributed by atoms with E-state index in [2.05, 4.69) is 20.4 Å². The molecule has 9 nitrogen and oxygen atoms in total. The van der Waals surface area contributed by atoms with E-state index in [0.29, 0.717) is 11.3 Å². The standard InChI is InChI=1S/C24H29N5O4/c1-32-20-8-6-17(15-21(20)33-2)16-28-13-10-18(11-14-28)25-23(30)9-7-19-24(31)29-12-4-3-5-22(29)27-26-19/h3-6,8,12,15,18H,7,9-11,13-14,16H2,1-2H3,(H,25,30). The molecule has 1 saturated heterocycles. The number of ether oxygens (including phenoxy) is 2. The van der Waals surface area contributed by atoms with Gasteiger partial charge in [0.15, 0.2) is 17.1 Å². The van der Waals surface area contributed by atoms with Gasteiger partial charge in [-0.3, -0.25) is 18.9 Å². The Kier molecular flexibility index (Phi) is 7.19. The van der Waals surface area contributed by atoms with Crippen LogP contribution < -0.4 is 20.3 Å². The van der Waals surface area contributed by atoms with E-state index in [-0.39, 0.29) is 30.3 Å². The van der Waals surface area contributed by atoms with Gasteiger partial charge < -0.3 is 14.8 Å². The normalized spacial score (nSPS) is 14.8. The molecular weight excluding hydrogens is 422 g/mol. The van der Waals surface area contributed by atoms with Gasteiger partial charge in [-0.15, -0.1) is 10.2 Å². The number of aryl methyl sites for hydroxylation is 1. The second-order valence-electron chi connectivity index (χ2n) is 8.19. The van der Waals surface area contributed by atoms with Crippen molar-refractivity contribution in [2.24, 2.45) is 0 Å². The highest BCUT2D eigenvalue weighted by Crippen LogP contribution is 2.28. The zero-order chi connectivity index (χ0) is 23.2. The fourth-order valence-corrected chi connectivity index (χ4v) is 4.14. The van der Waals surface area contributed by atoms with Crippen molar-refractivity contribution in [1.29, 1.82) is 0 Å². The molecule has 0 atom stereocenters. The van der Waals surface area contributed by atoms with Gasteiger partial charge in [-0.25, -0.2) is 0 Å². The summed E-state index contributed by atoms with van der Waals surface area (Å²) in [7, 11) is 3.27. The number of carbonyl (C=O) groups is 1. The average molecular weight is 452 g/mol. The molecule has 0 aliphatic carbocycles. The Morgan fingerprint density at radius 1 is 1.09 bits per heavy atom. The molecule has 3 aromatic rings. The van der Waals surface area contributed by atoms with Gasteiger partial charge in [-0.1, -0.05) is 12.1 Å². The fraction of sp³-hybridized carbons (Fsp3) is 0.417. The van der Waals surface area contributed by atoms with Crippen molar-refractivity contribution in [3.05, 3.63) is 64.2 Å². The number of benzene rings is 1. The van der Waals surface area contributed by atoms with E-state index in [9.17, 15) is 9.59 Å². The Morgan fingerprint density at radius 3 is 2.64 bits per heavy atom. The third-order valence-corrected chi connectivity index (χ3v) is 5.97. The van der Waals surface area contributed by atoms with Crippen LogP contribution in [0.3, 0.4) is 0 Å². The molecule has 33 heavy (non-hydrogen) atoms. The number of nitrogens with zero attached hydrogens (tertiary/aromatic N) is 4. The van der Waals surface area contributed by atoms with E-state index >= 15 is 0 Å². The summed E-state index contributed by atoms with van der Waals surface area (Å²) >= 11 is 0. The summed E-state index contributed by atoms with van der Waals surface area (Å²) in [6.07, 6.45) is 3.92. The average Bonchev–Trinajstić information content (AvgIpc) is 2.85. The number of rotatable bonds is 8. The number of methoxy groups -OCH3 is 2. The predicted octanol–water partition coefficient (Wildman–Crippen LogP) is 1.82. The maximum atomic E-state index is 12.5. The molecule has 174 valence electrons. The van der Waals surface area contributed by atoms with E-state index < -0.39 is 0 Å². The first-order chi connectivity index (χ1) is 16.1. The fourth-order valence-electron chi connectivity index (χ4n) is 4.14. The van der Waals surface area contributed by atoms with Gasteiger partial charge in [-0.2, -0.15) is 0 Å². The summed E-state index contributed by atoms with van der Waals surface area (Å²) < 4.78 is 12.1. The number of amides is 1. The lowest BCUT2D eigenvalue weighted by Crippen LogP contribution is -2.44. The molecule has 1 aliphatic heterocycles. The van der Waals surface area contributed by atoms with Crippen molar-refractivity contribution >= 4 is 11.6 Å². The number of nitrogens with one attached hydrogen (secondary N) is 1. The first-order valence-electron chi connectivity index (χ1n) is 11.1. The Morgan fingerprint density at radius 2 is 1.88 bits per heavy atom. The minimum atomic E-state index is -0.225. The molecule has 0 saturated carbocycles. The smallest absolute Gasteiger partial charge is 0.279 e. The zero-order valence-electron chi connectivity index (χ0n) is 19.0. The van der Waals surface area contributed by atoms with Crippen LogP contribution >= 0.6 is 0 Å². The number of fused-ring (bicyclic) bond motifs is 1. The van der Waals surface area contributed by atoms with Gasteiger partial charge in [0.05, 0.1) is 14.2 Å². The summed E-state index contributed by atoms with van der Waals surface area (Å²) in [6.45, 7) is 2.62. The monoisotopic (exact) mass is 451 g/mol. The van der Waals surface area contributed by atoms with Gasteiger partial charge in [0, 0.05) is 44.7 Å². The molecule has 0 radical (unpaired) electrons. The summed E-state index contributed by atoms with van der Waals surface area (Å²) in [6, 6.07) is 11.4. The molecular formula is C24H29N5O4. The van der Waals surface area contributed by atoms with Crippen LogP contribution in [-0.4, -0.2) is 58.8 Å². The minimum absolute atomic E-state index is 0.0623. The molecule has 1 fully saturated rings. The van der Waals surface area contributed by atoms with Crippen molar-refractivity contribution in [1.82, 2.24) is 24.8 Å². The molecule has 0 spiro atoms. The van der Waals surface area contributed by atoms with Gasteiger partial charge in [-0.05, 0) is 42.7 Å². The topological polar surface area (TPSA) is 98.1 Å². The van der Waals surface area contributed by atoms with Crippen LogP contribution in [0, 0.1) is 0 Å². The van der Waals surface area contributed by atoms with Gasteiger partial charge in [0.1, 0.15) is 5.69 Å². The number of pyridine rings is 1. The van der Waals surface area contributed by atoms with Crippen LogP contribution in [-0.2, 0) is 17.8 Å². The molecule has 3 heterocycles. The van der Waals surface area contributed by atoms with Crippen molar-refractivity contribution in [3.8, 4) is 11.5 Å². The summed E-state index contributed by atoms with van der Waals surface area (Å²) in [5, 5.41) is 11.2. The maximum absolute atomic E-state index is 12.5. The summed E-state index contributed by atoms with van der Waals surface area (Å²) in [5.74, 6) is 1.39. The highest BCUT2D eigenvalue weighted by molar-refractivity contribution is 5.76. The highest BCUT2D eigenvalue weighted by Gasteiger charge is 2.21. The lowest BCUT2D eigenvalue weighted by atomic mass is 10.0. The van der Waals surface area contributed by atoms with Crippen molar-refractivity contribution in [2.75, 3.05) is 27.3 Å². The molecule has 2 aromatic heterocycles. The third kappa shape index (κ3) is 5.48. The number of hydrogen-bond donors (Lipinski definition) is 1. The largest absolute Gasteiger partial charge is 0.493 e. The van der Waals surface area contributed by atoms with Crippen LogP contribution in [0.4, 0.5) is 0 Å². The Bertz CT molecular complexity index is 1170. The molecule has 4 rings (SSSR count). The van der Waals surface area contributed by atoms with Crippen LogP contribution in [0.5, 0.6) is 11.5 Å². The van der Waals surface area contributed by atoms with Crippen LogP contribution in [0.25, 0.3) is 5.65 Å². The van der Waals surface area contributed by atoms with E-state index in [1.807, 2.05) is 18.2 Å². The highest BCUT2D eigenvalue weighted by atomic mass is 16.5. The van der Waals surface area contributed by atoms with E-state index in [0.717, 1.165) is 49.5 Å². The predicted molar refractivity (Wildman–Crippen MR) is 124 cm³/mol. The first-order valence-corrected chi connectivity index (χ1v) is 11.1. The van der Waals surface area contributed by atoms with Crippen LogP contribution in [0.15, 0.2) is 47.4 Å².